The number of carbonyl (C=O) groups excluding carboxylic acids is 1. The maximum atomic E-state index is 12.1. The van der Waals surface area contributed by atoms with E-state index in [9.17, 15) is 4.79 Å². The van der Waals surface area contributed by atoms with Gasteiger partial charge in [-0.2, -0.15) is 0 Å². The predicted octanol–water partition coefficient (Wildman–Crippen LogP) is 2.17. The molecule has 0 bridgehead atoms. The van der Waals surface area contributed by atoms with Crippen molar-refractivity contribution < 1.29 is 23.6 Å². The summed E-state index contributed by atoms with van der Waals surface area (Å²) in [6.45, 7) is 10.00. The van der Waals surface area contributed by atoms with Crippen molar-refractivity contribution in [2.45, 2.75) is 45.8 Å². The van der Waals surface area contributed by atoms with E-state index in [0.717, 1.165) is 0 Å². The van der Waals surface area contributed by atoms with Crippen LogP contribution in [0.1, 0.15) is 45.0 Å². The molecule has 22 heavy (non-hydrogen) atoms. The van der Waals surface area contributed by atoms with Crippen LogP contribution in [0.5, 0.6) is 5.75 Å². The molecule has 120 valence electrons. The highest BCUT2D eigenvalue weighted by Gasteiger charge is 2.52. The Morgan fingerprint density at radius 2 is 1.77 bits per heavy atom. The molecule has 0 N–H and O–H groups in total. The van der Waals surface area contributed by atoms with Gasteiger partial charge in [0.15, 0.2) is 0 Å². The van der Waals surface area contributed by atoms with Crippen molar-refractivity contribution in [1.29, 1.82) is 0 Å². The molecule has 1 aromatic carbocycles. The molecule has 0 amide bonds. The summed E-state index contributed by atoms with van der Waals surface area (Å²) in [6, 6.07) is 5.28. The molecule has 5 nitrogen and oxygen atoms in total. The molecular formula is C16H23BO5. The molecule has 0 radical (unpaired) electrons. The molecule has 1 aliphatic heterocycles. The summed E-state index contributed by atoms with van der Waals surface area (Å²) in [5.74, 6) is 0.0113. The van der Waals surface area contributed by atoms with E-state index in [4.69, 9.17) is 18.8 Å². The van der Waals surface area contributed by atoms with E-state index in [2.05, 4.69) is 0 Å². The van der Waals surface area contributed by atoms with Gasteiger partial charge in [0.05, 0.1) is 24.9 Å². The molecule has 0 saturated carbocycles. The van der Waals surface area contributed by atoms with Gasteiger partial charge in [0.2, 0.25) is 0 Å². The number of rotatable bonds is 4. The summed E-state index contributed by atoms with van der Waals surface area (Å²) in [6.07, 6.45) is 0. The molecule has 0 atom stereocenters. The Bertz CT molecular complexity index is 552. The van der Waals surface area contributed by atoms with Gasteiger partial charge in [-0.05, 0) is 40.7 Å². The normalized spacial score (nSPS) is 19.1. The Morgan fingerprint density at radius 1 is 1.18 bits per heavy atom. The zero-order valence-corrected chi connectivity index (χ0v) is 14.1. The highest BCUT2D eigenvalue weighted by Crippen LogP contribution is 2.37. The van der Waals surface area contributed by atoms with Crippen molar-refractivity contribution in [3.8, 4) is 5.75 Å². The van der Waals surface area contributed by atoms with Gasteiger partial charge in [0.1, 0.15) is 11.3 Å². The van der Waals surface area contributed by atoms with Crippen LogP contribution in [0.4, 0.5) is 0 Å². The van der Waals surface area contributed by atoms with Crippen LogP contribution in [0.2, 0.25) is 0 Å². The summed E-state index contributed by atoms with van der Waals surface area (Å²) >= 11 is 0. The van der Waals surface area contributed by atoms with Gasteiger partial charge in [0, 0.05) is 5.46 Å². The maximum absolute atomic E-state index is 12.1. The van der Waals surface area contributed by atoms with Gasteiger partial charge in [0.25, 0.3) is 0 Å². The Hall–Kier alpha value is -1.53. The van der Waals surface area contributed by atoms with E-state index in [-0.39, 0.29) is 0 Å². The minimum absolute atomic E-state index is 0.308. The second-order valence-corrected chi connectivity index (χ2v) is 6.24. The van der Waals surface area contributed by atoms with E-state index in [0.29, 0.717) is 23.4 Å². The van der Waals surface area contributed by atoms with Crippen molar-refractivity contribution in [2.24, 2.45) is 0 Å². The minimum Gasteiger partial charge on any atom is -0.496 e. The number of para-hydroxylation sites is 1. The number of hydrogen-bond donors (Lipinski definition) is 0. The monoisotopic (exact) mass is 306 g/mol. The largest absolute Gasteiger partial charge is 0.498 e. The summed E-state index contributed by atoms with van der Waals surface area (Å²) in [5, 5.41) is 0. The third-order valence-electron chi connectivity index (χ3n) is 4.25. The Labute approximate surface area is 132 Å². The first-order valence-electron chi connectivity index (χ1n) is 7.43. The smallest absolute Gasteiger partial charge is 0.496 e. The number of carbonyl (C=O) groups is 1. The van der Waals surface area contributed by atoms with E-state index < -0.39 is 24.3 Å². The van der Waals surface area contributed by atoms with E-state index in [1.54, 1.807) is 19.1 Å². The summed E-state index contributed by atoms with van der Waals surface area (Å²) < 4.78 is 22.6. The van der Waals surface area contributed by atoms with E-state index in [1.165, 1.54) is 7.11 Å². The van der Waals surface area contributed by atoms with Gasteiger partial charge in [-0.15, -0.1) is 0 Å². The second kappa shape index (κ2) is 5.93. The minimum atomic E-state index is -0.589. The van der Waals surface area contributed by atoms with E-state index >= 15 is 0 Å². The fourth-order valence-electron chi connectivity index (χ4n) is 2.31. The van der Waals surface area contributed by atoms with Gasteiger partial charge in [-0.3, -0.25) is 0 Å². The maximum Gasteiger partial charge on any atom is 0.498 e. The first-order valence-corrected chi connectivity index (χ1v) is 7.43. The number of methoxy groups -OCH3 is 1. The quantitative estimate of drug-likeness (QED) is 0.630. The Kier molecular flexibility index (Phi) is 4.54. The molecule has 0 aromatic heterocycles. The van der Waals surface area contributed by atoms with Gasteiger partial charge in [-0.25, -0.2) is 4.79 Å². The lowest BCUT2D eigenvalue weighted by atomic mass is 9.77. The van der Waals surface area contributed by atoms with Crippen LogP contribution >= 0.6 is 0 Å². The second-order valence-electron chi connectivity index (χ2n) is 6.24. The molecule has 1 aromatic rings. The number of esters is 1. The highest BCUT2D eigenvalue weighted by molar-refractivity contribution is 6.63. The average molecular weight is 306 g/mol. The zero-order chi connectivity index (χ0) is 16.5. The van der Waals surface area contributed by atoms with Crippen LogP contribution in [0.3, 0.4) is 0 Å². The van der Waals surface area contributed by atoms with Gasteiger partial charge in [-0.1, -0.05) is 12.1 Å². The molecule has 0 spiro atoms. The average Bonchev–Trinajstić information content (AvgIpc) is 2.66. The lowest BCUT2D eigenvalue weighted by molar-refractivity contribution is 0.00578. The highest BCUT2D eigenvalue weighted by atomic mass is 16.7. The third kappa shape index (κ3) is 2.85. The van der Waals surface area contributed by atoms with Crippen LogP contribution < -0.4 is 10.2 Å². The van der Waals surface area contributed by atoms with E-state index in [1.807, 2.05) is 33.8 Å². The van der Waals surface area contributed by atoms with Crippen molar-refractivity contribution in [3.05, 3.63) is 23.8 Å². The molecule has 1 heterocycles. The van der Waals surface area contributed by atoms with Crippen LogP contribution in [-0.2, 0) is 14.0 Å². The van der Waals surface area contributed by atoms with Crippen LogP contribution in [0.15, 0.2) is 18.2 Å². The number of benzene rings is 1. The Morgan fingerprint density at radius 3 is 2.27 bits per heavy atom. The zero-order valence-electron chi connectivity index (χ0n) is 14.1. The molecule has 6 heteroatoms. The first-order chi connectivity index (χ1) is 10.2. The summed E-state index contributed by atoms with van der Waals surface area (Å²) in [5.41, 5.74) is 0.147. The lowest BCUT2D eigenvalue weighted by Crippen LogP contribution is -2.41. The molecule has 0 aliphatic carbocycles. The summed E-state index contributed by atoms with van der Waals surface area (Å²) in [4.78, 5) is 12.1. The van der Waals surface area contributed by atoms with Crippen LogP contribution in [-0.4, -0.2) is 38.0 Å². The molecule has 2 rings (SSSR count). The fourth-order valence-corrected chi connectivity index (χ4v) is 2.31. The molecule has 1 aliphatic rings. The van der Waals surface area contributed by atoms with Gasteiger partial charge >= 0.3 is 13.1 Å². The standard InChI is InChI=1S/C16H23BO5/c1-7-20-14(18)11-9-8-10-12(13(11)19-6)17-21-15(2,3)16(4,5)22-17/h8-10H,7H2,1-6H3. The molecule has 0 unspecified atom stereocenters. The Balaban J connectivity index is 2.41. The SMILES string of the molecule is CCOC(=O)c1cccc(B2OC(C)(C)C(C)(C)O2)c1OC. The first kappa shape index (κ1) is 16.8. The third-order valence-corrected chi connectivity index (χ3v) is 4.25. The lowest BCUT2D eigenvalue weighted by Gasteiger charge is -2.32. The molecule has 1 fully saturated rings. The van der Waals surface area contributed by atoms with Crippen molar-refractivity contribution >= 4 is 18.6 Å². The fraction of sp³-hybridized carbons (Fsp3) is 0.562. The summed E-state index contributed by atoms with van der Waals surface area (Å²) in [7, 11) is 0.932. The van der Waals surface area contributed by atoms with Crippen molar-refractivity contribution in [1.82, 2.24) is 0 Å². The van der Waals surface area contributed by atoms with Crippen molar-refractivity contribution in [2.75, 3.05) is 13.7 Å². The van der Waals surface area contributed by atoms with Crippen LogP contribution in [0.25, 0.3) is 0 Å². The molecular weight excluding hydrogens is 283 g/mol. The van der Waals surface area contributed by atoms with Gasteiger partial charge < -0.3 is 18.8 Å². The number of hydrogen-bond acceptors (Lipinski definition) is 5. The predicted molar refractivity (Wildman–Crippen MR) is 84.7 cm³/mol. The number of ether oxygens (including phenoxy) is 2. The van der Waals surface area contributed by atoms with Crippen molar-refractivity contribution in [3.63, 3.8) is 0 Å². The topological polar surface area (TPSA) is 54.0 Å². The molecule has 1 saturated heterocycles. The van der Waals surface area contributed by atoms with Crippen LogP contribution in [0, 0.1) is 0 Å².